The summed E-state index contributed by atoms with van der Waals surface area (Å²) >= 11 is 5.21. The Morgan fingerprint density at radius 3 is 2.85 bits per heavy atom. The van der Waals surface area contributed by atoms with Crippen molar-refractivity contribution in [2.75, 3.05) is 13.7 Å². The number of hydrogen-bond donors (Lipinski definition) is 1. The molecule has 0 unspecified atom stereocenters. The lowest BCUT2D eigenvalue weighted by Crippen LogP contribution is -2.24. The van der Waals surface area contributed by atoms with Crippen LogP contribution in [0.3, 0.4) is 0 Å². The highest BCUT2D eigenvalue weighted by Gasteiger charge is 2.13. The molecule has 0 saturated heterocycles. The van der Waals surface area contributed by atoms with E-state index < -0.39 is 0 Å². The van der Waals surface area contributed by atoms with E-state index in [0.29, 0.717) is 29.4 Å². The first-order valence-corrected chi connectivity index (χ1v) is 6.69. The summed E-state index contributed by atoms with van der Waals surface area (Å²) in [7, 11) is 1.58. The number of nitrogens with zero attached hydrogens (tertiary/aromatic N) is 4. The Bertz CT molecular complexity index is 700. The maximum atomic E-state index is 11.7. The molecule has 7 nitrogen and oxygen atoms in total. The Hall–Kier alpha value is -1.80. The van der Waals surface area contributed by atoms with Crippen LogP contribution in [0.2, 0.25) is 0 Å². The summed E-state index contributed by atoms with van der Waals surface area (Å²) in [5, 5.41) is 11.3. The second-order valence-corrected chi connectivity index (χ2v) is 4.98. The van der Waals surface area contributed by atoms with Crippen molar-refractivity contribution in [1.82, 2.24) is 24.5 Å². The smallest absolute Gasteiger partial charge is 0.266 e. The molecule has 8 heteroatoms. The minimum absolute atomic E-state index is 0.150. The van der Waals surface area contributed by atoms with E-state index in [1.165, 1.54) is 10.7 Å². The Labute approximate surface area is 121 Å². The van der Waals surface area contributed by atoms with Gasteiger partial charge in [0.25, 0.3) is 5.56 Å². The molecule has 20 heavy (non-hydrogen) atoms. The van der Waals surface area contributed by atoms with Crippen LogP contribution in [0.15, 0.2) is 16.9 Å². The third-order valence-corrected chi connectivity index (χ3v) is 3.11. The zero-order valence-corrected chi connectivity index (χ0v) is 12.5. The summed E-state index contributed by atoms with van der Waals surface area (Å²) in [6.45, 7) is 4.84. The predicted octanol–water partition coefficient (Wildman–Crippen LogP) is 1.39. The van der Waals surface area contributed by atoms with E-state index in [-0.39, 0.29) is 11.6 Å². The third-order valence-electron chi connectivity index (χ3n) is 2.82. The topological polar surface area (TPSA) is 77.7 Å². The number of ether oxygens (including phenoxy) is 1. The van der Waals surface area contributed by atoms with Gasteiger partial charge in [-0.05, 0) is 32.1 Å². The number of aromatic nitrogens is 5. The van der Waals surface area contributed by atoms with E-state index in [9.17, 15) is 4.79 Å². The maximum Gasteiger partial charge on any atom is 0.266 e. The highest BCUT2D eigenvalue weighted by molar-refractivity contribution is 7.71. The van der Waals surface area contributed by atoms with Crippen molar-refractivity contribution in [3.8, 4) is 11.5 Å². The SMILES string of the molecule is COCCn1nc(-c2n[nH]c(=S)n2C(C)C)ccc1=O. The zero-order valence-electron chi connectivity index (χ0n) is 11.7. The predicted molar refractivity (Wildman–Crippen MR) is 77.2 cm³/mol. The van der Waals surface area contributed by atoms with Crippen molar-refractivity contribution in [3.05, 3.63) is 27.3 Å². The van der Waals surface area contributed by atoms with Crippen LogP contribution in [-0.2, 0) is 11.3 Å². The molecule has 0 bridgehead atoms. The first-order chi connectivity index (χ1) is 9.54. The van der Waals surface area contributed by atoms with Gasteiger partial charge in [-0.3, -0.25) is 14.5 Å². The molecule has 2 rings (SSSR count). The van der Waals surface area contributed by atoms with Gasteiger partial charge in [-0.15, -0.1) is 0 Å². The van der Waals surface area contributed by atoms with Crippen molar-refractivity contribution >= 4 is 12.2 Å². The average Bonchev–Trinajstić information content (AvgIpc) is 2.80. The molecule has 0 spiro atoms. The number of H-pyrrole nitrogens is 1. The standard InChI is InChI=1S/C12H17N5O2S/c1-8(2)17-11(13-14-12(17)20)9-4-5-10(18)16(15-9)6-7-19-3/h4-5,8H,6-7H2,1-3H3,(H,14,20). The summed E-state index contributed by atoms with van der Waals surface area (Å²) in [6, 6.07) is 3.27. The number of aromatic amines is 1. The molecule has 0 radical (unpaired) electrons. The van der Waals surface area contributed by atoms with E-state index in [2.05, 4.69) is 15.3 Å². The van der Waals surface area contributed by atoms with Crippen molar-refractivity contribution in [2.45, 2.75) is 26.4 Å². The minimum atomic E-state index is -0.170. The fourth-order valence-corrected chi connectivity index (χ4v) is 2.21. The summed E-state index contributed by atoms with van der Waals surface area (Å²) in [5.41, 5.74) is 0.429. The second-order valence-electron chi connectivity index (χ2n) is 4.59. The minimum Gasteiger partial charge on any atom is -0.383 e. The van der Waals surface area contributed by atoms with Crippen LogP contribution in [0.4, 0.5) is 0 Å². The summed E-state index contributed by atoms with van der Waals surface area (Å²) < 4.78 is 8.73. The van der Waals surface area contributed by atoms with Crippen LogP contribution in [0.5, 0.6) is 0 Å². The molecule has 108 valence electrons. The average molecular weight is 295 g/mol. The van der Waals surface area contributed by atoms with Gasteiger partial charge in [-0.25, -0.2) is 4.68 Å². The number of hydrogen-bond acceptors (Lipinski definition) is 5. The molecule has 0 fully saturated rings. The lowest BCUT2D eigenvalue weighted by Gasteiger charge is -2.10. The molecule has 1 N–H and O–H groups in total. The van der Waals surface area contributed by atoms with Crippen LogP contribution in [0.1, 0.15) is 19.9 Å². The van der Waals surface area contributed by atoms with E-state index in [4.69, 9.17) is 17.0 Å². The van der Waals surface area contributed by atoms with Gasteiger partial charge in [-0.1, -0.05) is 0 Å². The zero-order chi connectivity index (χ0) is 14.7. The van der Waals surface area contributed by atoms with Gasteiger partial charge in [0.05, 0.1) is 13.2 Å². The lowest BCUT2D eigenvalue weighted by atomic mass is 10.3. The van der Waals surface area contributed by atoms with E-state index in [0.717, 1.165) is 0 Å². The monoisotopic (exact) mass is 295 g/mol. The van der Waals surface area contributed by atoms with Gasteiger partial charge >= 0.3 is 0 Å². The number of methoxy groups -OCH3 is 1. The van der Waals surface area contributed by atoms with Crippen LogP contribution < -0.4 is 5.56 Å². The Morgan fingerprint density at radius 1 is 1.45 bits per heavy atom. The van der Waals surface area contributed by atoms with E-state index >= 15 is 0 Å². The van der Waals surface area contributed by atoms with Gasteiger partial charge in [0.1, 0.15) is 5.69 Å². The largest absolute Gasteiger partial charge is 0.383 e. The van der Waals surface area contributed by atoms with Gasteiger partial charge in [0, 0.05) is 19.2 Å². The third kappa shape index (κ3) is 2.86. The van der Waals surface area contributed by atoms with Crippen LogP contribution in [0.25, 0.3) is 11.5 Å². The van der Waals surface area contributed by atoms with Crippen LogP contribution in [-0.4, -0.2) is 38.3 Å². The molecular formula is C12H17N5O2S. The van der Waals surface area contributed by atoms with Crippen molar-refractivity contribution in [1.29, 1.82) is 0 Å². The second kappa shape index (κ2) is 6.10. The highest BCUT2D eigenvalue weighted by Crippen LogP contribution is 2.17. The summed E-state index contributed by atoms with van der Waals surface area (Å²) in [6.07, 6.45) is 0. The molecule has 0 aliphatic heterocycles. The Morgan fingerprint density at radius 2 is 2.20 bits per heavy atom. The Balaban J connectivity index is 2.48. The highest BCUT2D eigenvalue weighted by atomic mass is 32.1. The molecule has 2 heterocycles. The molecule has 0 saturated carbocycles. The van der Waals surface area contributed by atoms with E-state index in [1.54, 1.807) is 13.2 Å². The molecule has 2 aromatic rings. The quantitative estimate of drug-likeness (QED) is 0.843. The van der Waals surface area contributed by atoms with Crippen LogP contribution in [0, 0.1) is 4.77 Å². The van der Waals surface area contributed by atoms with Gasteiger partial charge in [0.2, 0.25) is 0 Å². The molecular weight excluding hydrogens is 278 g/mol. The van der Waals surface area contributed by atoms with Crippen molar-refractivity contribution in [3.63, 3.8) is 0 Å². The molecule has 0 aliphatic rings. The van der Waals surface area contributed by atoms with E-state index in [1.807, 2.05) is 18.4 Å². The number of nitrogens with one attached hydrogen (secondary N) is 1. The first kappa shape index (κ1) is 14.6. The summed E-state index contributed by atoms with van der Waals surface area (Å²) in [4.78, 5) is 11.7. The van der Waals surface area contributed by atoms with Crippen LogP contribution >= 0.6 is 12.2 Å². The maximum absolute atomic E-state index is 11.7. The Kier molecular flexibility index (Phi) is 4.46. The van der Waals surface area contributed by atoms with Gasteiger partial charge in [-0.2, -0.15) is 10.2 Å². The lowest BCUT2D eigenvalue weighted by molar-refractivity contribution is 0.182. The molecule has 0 atom stereocenters. The summed E-state index contributed by atoms with van der Waals surface area (Å²) in [5.74, 6) is 0.621. The van der Waals surface area contributed by atoms with Crippen molar-refractivity contribution < 1.29 is 4.74 Å². The molecule has 0 aliphatic carbocycles. The molecule has 2 aromatic heterocycles. The fraction of sp³-hybridized carbons (Fsp3) is 0.500. The molecule has 0 amide bonds. The van der Waals surface area contributed by atoms with Gasteiger partial charge in [0.15, 0.2) is 10.6 Å². The molecule has 0 aromatic carbocycles. The number of rotatable bonds is 5. The first-order valence-electron chi connectivity index (χ1n) is 6.29. The fourth-order valence-electron chi connectivity index (χ4n) is 1.87. The van der Waals surface area contributed by atoms with Crippen molar-refractivity contribution in [2.24, 2.45) is 0 Å². The normalized spacial score (nSPS) is 11.2. The van der Waals surface area contributed by atoms with Gasteiger partial charge < -0.3 is 4.74 Å².